The fourth-order valence-corrected chi connectivity index (χ4v) is 2.23. The molecule has 0 amide bonds. The van der Waals surface area contributed by atoms with Gasteiger partial charge in [0.25, 0.3) is 0 Å². The molecule has 0 unspecified atom stereocenters. The van der Waals surface area contributed by atoms with E-state index in [4.69, 9.17) is 10.8 Å². The molecular weight excluding hydrogens is 200 g/mol. The summed E-state index contributed by atoms with van der Waals surface area (Å²) in [5.74, 6) is -0.752. The lowest BCUT2D eigenvalue weighted by molar-refractivity contribution is 0.0689. The molecule has 0 aliphatic carbocycles. The summed E-state index contributed by atoms with van der Waals surface area (Å²) < 4.78 is 0. The fraction of sp³-hybridized carbons (Fsp3) is 0.556. The van der Waals surface area contributed by atoms with E-state index in [1.165, 1.54) is 11.3 Å². The van der Waals surface area contributed by atoms with E-state index in [0.717, 1.165) is 9.88 Å². The lowest BCUT2D eigenvalue weighted by atomic mass is 10.1. The highest BCUT2D eigenvalue weighted by molar-refractivity contribution is 7.12. The van der Waals surface area contributed by atoms with Gasteiger partial charge in [-0.3, -0.25) is 0 Å². The second-order valence-corrected chi connectivity index (χ2v) is 4.43. The van der Waals surface area contributed by atoms with Crippen molar-refractivity contribution in [3.63, 3.8) is 0 Å². The number of rotatable bonds is 4. The molecule has 0 saturated heterocycles. The molecule has 0 radical (unpaired) electrons. The van der Waals surface area contributed by atoms with E-state index in [-0.39, 0.29) is 11.6 Å². The van der Waals surface area contributed by atoms with Crippen LogP contribution in [0.3, 0.4) is 0 Å². The number of thiazole rings is 1. The zero-order valence-corrected chi connectivity index (χ0v) is 9.10. The summed E-state index contributed by atoms with van der Waals surface area (Å²) >= 11 is 1.45. The number of carboxylic acids is 1. The van der Waals surface area contributed by atoms with Gasteiger partial charge in [0.1, 0.15) is 0 Å². The van der Waals surface area contributed by atoms with E-state index in [0.29, 0.717) is 13.0 Å². The van der Waals surface area contributed by atoms with Crippen LogP contribution in [-0.4, -0.2) is 22.6 Å². The van der Waals surface area contributed by atoms with E-state index in [9.17, 15) is 4.79 Å². The van der Waals surface area contributed by atoms with Crippen LogP contribution in [0.15, 0.2) is 0 Å². The minimum Gasteiger partial charge on any atom is -0.476 e. The van der Waals surface area contributed by atoms with Gasteiger partial charge < -0.3 is 10.8 Å². The van der Waals surface area contributed by atoms with Gasteiger partial charge in [0.2, 0.25) is 0 Å². The minimum atomic E-state index is -0.951. The smallest absolute Gasteiger partial charge is 0.355 e. The Morgan fingerprint density at radius 3 is 2.64 bits per heavy atom. The summed E-state index contributed by atoms with van der Waals surface area (Å²) in [4.78, 5) is 15.8. The number of carbonyl (C=O) groups is 1. The zero-order valence-electron chi connectivity index (χ0n) is 8.28. The monoisotopic (exact) mass is 214 g/mol. The molecule has 1 rings (SSSR count). The highest BCUT2D eigenvalue weighted by Crippen LogP contribution is 2.26. The van der Waals surface area contributed by atoms with Crippen molar-refractivity contribution in [2.24, 2.45) is 5.73 Å². The van der Waals surface area contributed by atoms with Crippen molar-refractivity contribution >= 4 is 17.3 Å². The lowest BCUT2D eigenvalue weighted by Gasteiger charge is -1.99. The average molecular weight is 214 g/mol. The lowest BCUT2D eigenvalue weighted by Crippen LogP contribution is -2.04. The van der Waals surface area contributed by atoms with E-state index >= 15 is 0 Å². The molecule has 1 aromatic heterocycles. The number of carboxylic acid groups (broad SMARTS) is 1. The van der Waals surface area contributed by atoms with Gasteiger partial charge in [0.15, 0.2) is 5.69 Å². The number of hydrogen-bond donors (Lipinski definition) is 2. The van der Waals surface area contributed by atoms with Crippen molar-refractivity contribution in [3.8, 4) is 0 Å². The van der Waals surface area contributed by atoms with Gasteiger partial charge in [-0.2, -0.15) is 0 Å². The molecule has 0 bridgehead atoms. The summed E-state index contributed by atoms with van der Waals surface area (Å²) in [6.45, 7) is 4.43. The minimum absolute atomic E-state index is 0.188. The molecule has 1 heterocycles. The molecule has 0 saturated carbocycles. The number of aromatic carboxylic acids is 1. The van der Waals surface area contributed by atoms with Gasteiger partial charge in [0.05, 0.1) is 5.01 Å². The second-order valence-electron chi connectivity index (χ2n) is 3.32. The molecule has 0 aliphatic heterocycles. The summed E-state index contributed by atoms with van der Waals surface area (Å²) in [6.07, 6.45) is 0.650. The van der Waals surface area contributed by atoms with Crippen molar-refractivity contribution in [2.45, 2.75) is 26.2 Å². The first kappa shape index (κ1) is 11.1. The van der Waals surface area contributed by atoms with E-state index in [1.807, 2.05) is 13.8 Å². The molecule has 5 heteroatoms. The number of nitrogens with two attached hydrogens (primary N) is 1. The van der Waals surface area contributed by atoms with Crippen molar-refractivity contribution in [1.82, 2.24) is 4.98 Å². The highest BCUT2D eigenvalue weighted by Gasteiger charge is 2.18. The predicted molar refractivity (Wildman–Crippen MR) is 55.9 cm³/mol. The van der Waals surface area contributed by atoms with Crippen LogP contribution in [0.2, 0.25) is 0 Å². The average Bonchev–Trinajstić information content (AvgIpc) is 2.49. The Labute approximate surface area is 86.8 Å². The summed E-state index contributed by atoms with van der Waals surface area (Å²) in [5, 5.41) is 9.72. The molecule has 0 atom stereocenters. The van der Waals surface area contributed by atoms with E-state index < -0.39 is 5.97 Å². The maximum Gasteiger partial charge on any atom is 0.355 e. The van der Waals surface area contributed by atoms with Crippen LogP contribution in [0, 0.1) is 0 Å². The molecule has 3 N–H and O–H groups in total. The third-order valence-corrected chi connectivity index (χ3v) is 3.20. The Morgan fingerprint density at radius 2 is 2.29 bits per heavy atom. The fourth-order valence-electron chi connectivity index (χ4n) is 1.15. The van der Waals surface area contributed by atoms with Gasteiger partial charge in [-0.15, -0.1) is 11.3 Å². The Balaban J connectivity index is 3.06. The SMILES string of the molecule is CC(C)c1sc(CCN)nc1C(=O)O. The van der Waals surface area contributed by atoms with Crippen LogP contribution < -0.4 is 5.73 Å². The first-order valence-corrected chi connectivity index (χ1v) is 5.30. The predicted octanol–water partition coefficient (Wildman–Crippen LogP) is 1.47. The Hall–Kier alpha value is -0.940. The quantitative estimate of drug-likeness (QED) is 0.795. The van der Waals surface area contributed by atoms with Gasteiger partial charge in [-0.25, -0.2) is 9.78 Å². The standard InChI is InChI=1S/C9H14N2O2S/c1-5(2)8-7(9(12)13)11-6(14-8)3-4-10/h5H,3-4,10H2,1-2H3,(H,12,13). The van der Waals surface area contributed by atoms with Crippen LogP contribution in [0.4, 0.5) is 0 Å². The molecule has 0 aliphatic rings. The maximum atomic E-state index is 10.9. The maximum absolute atomic E-state index is 10.9. The molecule has 4 nitrogen and oxygen atoms in total. The van der Waals surface area contributed by atoms with Crippen LogP contribution in [-0.2, 0) is 6.42 Å². The number of aromatic nitrogens is 1. The van der Waals surface area contributed by atoms with Crippen LogP contribution in [0.25, 0.3) is 0 Å². The molecule has 0 fully saturated rings. The Kier molecular flexibility index (Phi) is 3.60. The molecule has 78 valence electrons. The summed E-state index contributed by atoms with van der Waals surface area (Å²) in [6, 6.07) is 0. The van der Waals surface area contributed by atoms with Gasteiger partial charge in [-0.1, -0.05) is 13.8 Å². The van der Waals surface area contributed by atoms with Crippen molar-refractivity contribution in [2.75, 3.05) is 6.54 Å². The normalized spacial score (nSPS) is 10.9. The van der Waals surface area contributed by atoms with Crippen LogP contribution in [0.1, 0.15) is 40.1 Å². The van der Waals surface area contributed by atoms with Crippen molar-refractivity contribution in [1.29, 1.82) is 0 Å². The third kappa shape index (κ3) is 2.30. The summed E-state index contributed by atoms with van der Waals surface area (Å²) in [7, 11) is 0. The number of hydrogen-bond acceptors (Lipinski definition) is 4. The molecule has 0 aromatic carbocycles. The van der Waals surface area contributed by atoms with Gasteiger partial charge in [0, 0.05) is 11.3 Å². The summed E-state index contributed by atoms with van der Waals surface area (Å²) in [5.41, 5.74) is 5.58. The number of nitrogens with zero attached hydrogens (tertiary/aromatic N) is 1. The van der Waals surface area contributed by atoms with Gasteiger partial charge >= 0.3 is 5.97 Å². The first-order valence-electron chi connectivity index (χ1n) is 4.49. The molecule has 0 spiro atoms. The van der Waals surface area contributed by atoms with Crippen molar-refractivity contribution < 1.29 is 9.90 Å². The Morgan fingerprint density at radius 1 is 1.64 bits per heavy atom. The van der Waals surface area contributed by atoms with Gasteiger partial charge in [-0.05, 0) is 12.5 Å². The highest BCUT2D eigenvalue weighted by atomic mass is 32.1. The Bertz CT molecular complexity index is 334. The largest absolute Gasteiger partial charge is 0.476 e. The van der Waals surface area contributed by atoms with Crippen LogP contribution >= 0.6 is 11.3 Å². The zero-order chi connectivity index (χ0) is 10.7. The van der Waals surface area contributed by atoms with Crippen LogP contribution in [0.5, 0.6) is 0 Å². The molecule has 1 aromatic rings. The first-order chi connectivity index (χ1) is 6.56. The topological polar surface area (TPSA) is 76.2 Å². The van der Waals surface area contributed by atoms with E-state index in [2.05, 4.69) is 4.98 Å². The van der Waals surface area contributed by atoms with E-state index in [1.54, 1.807) is 0 Å². The molecular formula is C9H14N2O2S. The molecule has 14 heavy (non-hydrogen) atoms. The second kappa shape index (κ2) is 4.52. The third-order valence-electron chi connectivity index (χ3n) is 1.78. The van der Waals surface area contributed by atoms with Crippen molar-refractivity contribution in [3.05, 3.63) is 15.6 Å².